The zero-order chi connectivity index (χ0) is 13.0. The minimum absolute atomic E-state index is 0.0207. The van der Waals surface area contributed by atoms with Crippen molar-refractivity contribution in [2.75, 3.05) is 18.5 Å². The van der Waals surface area contributed by atoms with Crippen LogP contribution in [-0.2, 0) is 11.3 Å². The summed E-state index contributed by atoms with van der Waals surface area (Å²) in [6.45, 7) is 2.53. The first-order valence-electron chi connectivity index (χ1n) is 6.12. The van der Waals surface area contributed by atoms with Gasteiger partial charge in [0.25, 0.3) is 0 Å². The lowest BCUT2D eigenvalue weighted by Gasteiger charge is -2.31. The highest BCUT2D eigenvalue weighted by Crippen LogP contribution is 2.18. The van der Waals surface area contributed by atoms with Gasteiger partial charge in [-0.25, -0.2) is 10.8 Å². The average Bonchev–Trinajstić information content (AvgIpc) is 2.39. The molecule has 1 aliphatic heterocycles. The van der Waals surface area contributed by atoms with E-state index in [0.717, 1.165) is 38.0 Å². The summed E-state index contributed by atoms with van der Waals surface area (Å²) in [5.41, 5.74) is 9.02. The number of carbonyl (C=O) groups is 1. The molecule has 1 aromatic rings. The number of anilines is 1. The number of rotatable bonds is 4. The van der Waals surface area contributed by atoms with Gasteiger partial charge in [0.15, 0.2) is 0 Å². The molecule has 98 valence electrons. The smallest absolute Gasteiger partial charge is 0.221 e. The molecule has 6 nitrogen and oxygen atoms in total. The first-order chi connectivity index (χ1) is 8.69. The second-order valence-electron chi connectivity index (χ2n) is 4.67. The van der Waals surface area contributed by atoms with Crippen molar-refractivity contribution in [3.8, 4) is 0 Å². The summed E-state index contributed by atoms with van der Waals surface area (Å²) in [7, 11) is 0. The van der Waals surface area contributed by atoms with Crippen molar-refractivity contribution in [1.82, 2.24) is 9.88 Å². The van der Waals surface area contributed by atoms with Crippen molar-refractivity contribution >= 4 is 11.7 Å². The van der Waals surface area contributed by atoms with Crippen LogP contribution in [0.15, 0.2) is 18.3 Å². The number of hydrogen-bond donors (Lipinski definition) is 3. The molecule has 0 aromatic carbocycles. The van der Waals surface area contributed by atoms with E-state index < -0.39 is 0 Å². The van der Waals surface area contributed by atoms with Gasteiger partial charge < -0.3 is 11.2 Å². The van der Waals surface area contributed by atoms with Crippen LogP contribution in [0.1, 0.15) is 18.4 Å². The zero-order valence-electron chi connectivity index (χ0n) is 10.3. The highest BCUT2D eigenvalue weighted by molar-refractivity contribution is 5.76. The van der Waals surface area contributed by atoms with Crippen LogP contribution in [0.2, 0.25) is 0 Å². The Morgan fingerprint density at radius 1 is 1.61 bits per heavy atom. The quantitative estimate of drug-likeness (QED) is 0.518. The van der Waals surface area contributed by atoms with E-state index in [1.54, 1.807) is 6.20 Å². The number of nitrogens with two attached hydrogens (primary N) is 2. The highest BCUT2D eigenvalue weighted by Gasteiger charge is 2.23. The van der Waals surface area contributed by atoms with Crippen LogP contribution in [-0.4, -0.2) is 28.9 Å². The molecule has 1 fully saturated rings. The van der Waals surface area contributed by atoms with Crippen LogP contribution in [0, 0.1) is 5.92 Å². The Hall–Kier alpha value is -1.66. The summed E-state index contributed by atoms with van der Waals surface area (Å²) in [5, 5.41) is 0. The van der Waals surface area contributed by atoms with Crippen molar-refractivity contribution in [1.29, 1.82) is 0 Å². The number of nitrogen functional groups attached to an aromatic ring is 1. The molecule has 0 bridgehead atoms. The molecule has 6 heteroatoms. The lowest BCUT2D eigenvalue weighted by atomic mass is 9.97. The van der Waals surface area contributed by atoms with E-state index >= 15 is 0 Å². The molecule has 2 heterocycles. The number of primary amides is 1. The van der Waals surface area contributed by atoms with Crippen LogP contribution >= 0.6 is 0 Å². The monoisotopic (exact) mass is 249 g/mol. The molecular formula is C12H19N5O. The summed E-state index contributed by atoms with van der Waals surface area (Å²) < 4.78 is 0. The predicted molar refractivity (Wildman–Crippen MR) is 69.2 cm³/mol. The number of amides is 1. The number of aromatic nitrogens is 1. The van der Waals surface area contributed by atoms with E-state index in [2.05, 4.69) is 15.3 Å². The van der Waals surface area contributed by atoms with Crippen LogP contribution in [0.5, 0.6) is 0 Å². The van der Waals surface area contributed by atoms with Gasteiger partial charge in [0.05, 0.1) is 5.92 Å². The zero-order valence-corrected chi connectivity index (χ0v) is 10.3. The van der Waals surface area contributed by atoms with E-state index in [-0.39, 0.29) is 11.8 Å². The third kappa shape index (κ3) is 3.18. The van der Waals surface area contributed by atoms with E-state index in [1.165, 1.54) is 0 Å². The normalized spacial score (nSPS) is 20.6. The molecular weight excluding hydrogens is 230 g/mol. The van der Waals surface area contributed by atoms with Crippen molar-refractivity contribution in [2.24, 2.45) is 17.5 Å². The second kappa shape index (κ2) is 5.79. The summed E-state index contributed by atoms with van der Waals surface area (Å²) >= 11 is 0. The lowest BCUT2D eigenvalue weighted by Crippen LogP contribution is -2.40. The van der Waals surface area contributed by atoms with Crippen molar-refractivity contribution < 1.29 is 4.79 Å². The fraction of sp³-hybridized carbons (Fsp3) is 0.500. The first kappa shape index (κ1) is 12.8. The van der Waals surface area contributed by atoms with Crippen LogP contribution in [0.3, 0.4) is 0 Å². The van der Waals surface area contributed by atoms with E-state index in [4.69, 9.17) is 11.6 Å². The molecule has 2 rings (SSSR count). The van der Waals surface area contributed by atoms with Gasteiger partial charge in [-0.05, 0) is 37.1 Å². The third-order valence-corrected chi connectivity index (χ3v) is 3.29. The number of hydrogen-bond acceptors (Lipinski definition) is 5. The largest absolute Gasteiger partial charge is 0.369 e. The highest BCUT2D eigenvalue weighted by atomic mass is 16.1. The minimum atomic E-state index is -0.196. The standard InChI is InChI=1S/C12H19N5O/c13-12(18)10-2-1-5-17(8-10)7-9-3-4-15-11(6-9)16-14/h3-4,6,10H,1-2,5,7-8,14H2,(H2,13,18)(H,15,16). The summed E-state index contributed by atoms with van der Waals surface area (Å²) in [4.78, 5) is 17.5. The SMILES string of the molecule is NNc1cc(CN2CCCC(C(N)=O)C2)ccn1. The lowest BCUT2D eigenvalue weighted by molar-refractivity contribution is -0.123. The number of hydrazine groups is 1. The Balaban J connectivity index is 1.97. The first-order valence-corrected chi connectivity index (χ1v) is 6.12. The summed E-state index contributed by atoms with van der Waals surface area (Å²) in [5.74, 6) is 5.76. The molecule has 0 spiro atoms. The number of nitrogens with one attached hydrogen (secondary N) is 1. The van der Waals surface area contributed by atoms with Gasteiger partial charge in [-0.15, -0.1) is 0 Å². The van der Waals surface area contributed by atoms with Gasteiger partial charge in [0.2, 0.25) is 5.91 Å². The van der Waals surface area contributed by atoms with Crippen LogP contribution in [0.4, 0.5) is 5.82 Å². The molecule has 1 aromatic heterocycles. The van der Waals surface area contributed by atoms with Crippen molar-refractivity contribution in [3.05, 3.63) is 23.9 Å². The van der Waals surface area contributed by atoms with E-state index in [0.29, 0.717) is 5.82 Å². The Morgan fingerprint density at radius 3 is 3.17 bits per heavy atom. The van der Waals surface area contributed by atoms with Gasteiger partial charge in [0.1, 0.15) is 5.82 Å². The van der Waals surface area contributed by atoms with E-state index in [1.807, 2.05) is 12.1 Å². The Kier molecular flexibility index (Phi) is 4.11. The van der Waals surface area contributed by atoms with Crippen molar-refractivity contribution in [2.45, 2.75) is 19.4 Å². The molecule has 1 atom stereocenters. The Bertz CT molecular complexity index is 423. The van der Waals surface area contributed by atoms with Crippen molar-refractivity contribution in [3.63, 3.8) is 0 Å². The average molecular weight is 249 g/mol. The maximum absolute atomic E-state index is 11.2. The molecule has 1 unspecified atom stereocenters. The second-order valence-corrected chi connectivity index (χ2v) is 4.67. The molecule has 0 saturated carbocycles. The fourth-order valence-corrected chi connectivity index (χ4v) is 2.34. The third-order valence-electron chi connectivity index (χ3n) is 3.29. The van der Waals surface area contributed by atoms with Gasteiger partial charge >= 0.3 is 0 Å². The predicted octanol–water partition coefficient (Wildman–Crippen LogP) is 0.0645. The van der Waals surface area contributed by atoms with E-state index in [9.17, 15) is 4.79 Å². The molecule has 5 N–H and O–H groups in total. The number of pyridine rings is 1. The molecule has 1 aliphatic rings. The van der Waals surface area contributed by atoms with Gasteiger partial charge in [-0.3, -0.25) is 9.69 Å². The van der Waals surface area contributed by atoms with Gasteiger partial charge in [0, 0.05) is 19.3 Å². The molecule has 0 aliphatic carbocycles. The Labute approximate surface area is 106 Å². The maximum Gasteiger partial charge on any atom is 0.221 e. The maximum atomic E-state index is 11.2. The van der Waals surface area contributed by atoms with Gasteiger partial charge in [-0.1, -0.05) is 0 Å². The number of piperidine rings is 1. The number of carbonyl (C=O) groups excluding carboxylic acids is 1. The Morgan fingerprint density at radius 2 is 2.44 bits per heavy atom. The topological polar surface area (TPSA) is 97.3 Å². The molecule has 0 radical (unpaired) electrons. The number of likely N-dealkylation sites (tertiary alicyclic amines) is 1. The summed E-state index contributed by atoms with van der Waals surface area (Å²) in [6, 6.07) is 3.86. The minimum Gasteiger partial charge on any atom is -0.369 e. The van der Waals surface area contributed by atoms with Gasteiger partial charge in [-0.2, -0.15) is 0 Å². The fourth-order valence-electron chi connectivity index (χ4n) is 2.34. The number of nitrogens with zero attached hydrogens (tertiary/aromatic N) is 2. The molecule has 18 heavy (non-hydrogen) atoms. The summed E-state index contributed by atoms with van der Waals surface area (Å²) in [6.07, 6.45) is 3.64. The van der Waals surface area contributed by atoms with Crippen LogP contribution < -0.4 is 17.0 Å². The molecule has 1 amide bonds. The van der Waals surface area contributed by atoms with Crippen LogP contribution in [0.25, 0.3) is 0 Å². The molecule has 1 saturated heterocycles.